The summed E-state index contributed by atoms with van der Waals surface area (Å²) in [6.07, 6.45) is 2.23. The molecule has 0 aromatic carbocycles. The summed E-state index contributed by atoms with van der Waals surface area (Å²) in [5.41, 5.74) is 0. The second kappa shape index (κ2) is 7.07. The lowest BCUT2D eigenvalue weighted by Crippen LogP contribution is -2.45. The first-order valence-electron chi connectivity index (χ1n) is 6.02. The molecule has 16 heavy (non-hydrogen) atoms. The van der Waals surface area contributed by atoms with Crippen LogP contribution in [0.25, 0.3) is 0 Å². The summed E-state index contributed by atoms with van der Waals surface area (Å²) in [5, 5.41) is 0. The Labute approximate surface area is 105 Å². The van der Waals surface area contributed by atoms with Crippen LogP contribution in [-0.2, 0) is 12.7 Å². The fourth-order valence-electron chi connectivity index (χ4n) is 0.880. The van der Waals surface area contributed by atoms with Crippen molar-refractivity contribution in [2.75, 3.05) is 6.61 Å². The summed E-state index contributed by atoms with van der Waals surface area (Å²) in [4.78, 5) is 0. The smallest absolute Gasteiger partial charge is 0.414 e. The van der Waals surface area contributed by atoms with Crippen molar-refractivity contribution in [2.24, 2.45) is 0 Å². The van der Waals surface area contributed by atoms with Crippen molar-refractivity contribution in [3.63, 3.8) is 0 Å². The zero-order valence-corrected chi connectivity index (χ0v) is 14.8. The van der Waals surface area contributed by atoms with Crippen molar-refractivity contribution in [2.45, 2.75) is 59.0 Å². The Morgan fingerprint density at radius 2 is 1.31 bits per heavy atom. The topological polar surface area (TPSA) is 27.7 Å². The van der Waals surface area contributed by atoms with Crippen LogP contribution in [-0.4, -0.2) is 32.8 Å². The molecule has 0 aromatic heterocycles. The monoisotopic (exact) mass is 279 g/mol. The molecule has 6 heteroatoms. The van der Waals surface area contributed by atoms with Crippen LogP contribution in [0.2, 0.25) is 39.3 Å². The molecule has 0 fully saturated rings. The average Bonchev–Trinajstić information content (AvgIpc) is 1.97. The Hall–Kier alpha value is 0.531. The molecule has 0 saturated heterocycles. The maximum absolute atomic E-state index is 5.99. The Morgan fingerprint density at radius 1 is 0.875 bits per heavy atom. The normalized spacial score (nSPS) is 13.5. The minimum Gasteiger partial charge on any atom is -0.414 e. The molecule has 0 saturated carbocycles. The lowest BCUT2D eigenvalue weighted by Gasteiger charge is -2.28. The molecule has 0 N–H and O–H groups in total. The molecule has 0 atom stereocenters. The Kier molecular flexibility index (Phi) is 7.31. The molecule has 0 bridgehead atoms. The van der Waals surface area contributed by atoms with Crippen molar-refractivity contribution in [3.05, 3.63) is 0 Å². The van der Waals surface area contributed by atoms with Crippen LogP contribution in [0.1, 0.15) is 19.8 Å². The predicted molar refractivity (Wildman–Crippen MR) is 75.5 cm³/mol. The molecular weight excluding hydrogens is 252 g/mol. The maximum Gasteiger partial charge on any atom is 0.555 e. The van der Waals surface area contributed by atoms with Gasteiger partial charge in [-0.3, -0.25) is 0 Å². The second-order valence-corrected chi connectivity index (χ2v) is 16.8. The standard InChI is InChI=1S/C10H27O3Si3/c1-8-9-10-11-14(12-15(2,3)4)13-16(5,6)7/h8-10H2,1-7H3. The summed E-state index contributed by atoms with van der Waals surface area (Å²) in [6, 6.07) is 0. The van der Waals surface area contributed by atoms with E-state index >= 15 is 0 Å². The van der Waals surface area contributed by atoms with Crippen molar-refractivity contribution < 1.29 is 12.7 Å². The molecule has 0 amide bonds. The highest BCUT2D eigenvalue weighted by molar-refractivity contribution is 6.79. The van der Waals surface area contributed by atoms with Gasteiger partial charge in [0.15, 0.2) is 16.6 Å². The van der Waals surface area contributed by atoms with Gasteiger partial charge >= 0.3 is 9.53 Å². The van der Waals surface area contributed by atoms with E-state index in [9.17, 15) is 0 Å². The molecule has 0 aromatic rings. The number of hydrogen-bond acceptors (Lipinski definition) is 3. The Bertz CT molecular complexity index is 171. The van der Waals surface area contributed by atoms with Gasteiger partial charge in [-0.1, -0.05) is 13.3 Å². The zero-order chi connectivity index (χ0) is 12.8. The van der Waals surface area contributed by atoms with Crippen LogP contribution in [0, 0.1) is 0 Å². The van der Waals surface area contributed by atoms with Crippen LogP contribution in [0.4, 0.5) is 0 Å². The van der Waals surface area contributed by atoms with E-state index in [-0.39, 0.29) is 0 Å². The van der Waals surface area contributed by atoms with E-state index < -0.39 is 26.2 Å². The third-order valence-corrected chi connectivity index (χ3v) is 8.17. The molecule has 0 aliphatic rings. The predicted octanol–water partition coefficient (Wildman–Crippen LogP) is 3.49. The lowest BCUT2D eigenvalue weighted by molar-refractivity contribution is 0.194. The number of unbranched alkanes of at least 4 members (excludes halogenated alkanes) is 1. The van der Waals surface area contributed by atoms with Crippen molar-refractivity contribution in [1.29, 1.82) is 0 Å². The molecule has 0 heterocycles. The molecule has 0 spiro atoms. The fraction of sp³-hybridized carbons (Fsp3) is 1.00. The zero-order valence-electron chi connectivity index (χ0n) is 11.8. The van der Waals surface area contributed by atoms with E-state index in [0.29, 0.717) is 0 Å². The summed E-state index contributed by atoms with van der Waals surface area (Å²) < 4.78 is 17.7. The van der Waals surface area contributed by atoms with E-state index in [1.165, 1.54) is 0 Å². The molecule has 0 aliphatic heterocycles. The molecule has 97 valence electrons. The number of hydrogen-bond donors (Lipinski definition) is 0. The van der Waals surface area contributed by atoms with Crippen molar-refractivity contribution in [3.8, 4) is 0 Å². The summed E-state index contributed by atoms with van der Waals surface area (Å²) in [5.74, 6) is 0. The van der Waals surface area contributed by atoms with Crippen molar-refractivity contribution >= 4 is 26.2 Å². The molecular formula is C10H27O3Si3. The van der Waals surface area contributed by atoms with Gasteiger partial charge < -0.3 is 12.7 Å². The summed E-state index contributed by atoms with van der Waals surface area (Å²) in [7, 11) is -4.63. The van der Waals surface area contributed by atoms with Crippen LogP contribution in [0.5, 0.6) is 0 Å². The van der Waals surface area contributed by atoms with E-state index in [1.54, 1.807) is 0 Å². The summed E-state index contributed by atoms with van der Waals surface area (Å²) in [6.45, 7) is 16.0. The van der Waals surface area contributed by atoms with Gasteiger partial charge in [-0.15, -0.1) is 0 Å². The average molecular weight is 280 g/mol. The number of rotatable bonds is 8. The van der Waals surface area contributed by atoms with Gasteiger partial charge in [0.2, 0.25) is 0 Å². The van der Waals surface area contributed by atoms with Gasteiger partial charge in [0.05, 0.1) is 0 Å². The Morgan fingerprint density at radius 3 is 1.62 bits per heavy atom. The fourth-order valence-corrected chi connectivity index (χ4v) is 6.20. The Balaban J connectivity index is 4.17. The SMILES string of the molecule is CCCCO[Si](O[Si](C)(C)C)O[Si](C)(C)C. The van der Waals surface area contributed by atoms with Crippen LogP contribution < -0.4 is 0 Å². The van der Waals surface area contributed by atoms with Gasteiger partial charge in [0, 0.05) is 6.61 Å². The van der Waals surface area contributed by atoms with Crippen LogP contribution >= 0.6 is 0 Å². The highest BCUT2D eigenvalue weighted by atomic mass is 28.5. The summed E-state index contributed by atoms with van der Waals surface area (Å²) >= 11 is 0. The van der Waals surface area contributed by atoms with Crippen molar-refractivity contribution in [1.82, 2.24) is 0 Å². The van der Waals surface area contributed by atoms with Gasteiger partial charge in [0.1, 0.15) is 0 Å². The van der Waals surface area contributed by atoms with Gasteiger partial charge in [-0.05, 0) is 45.7 Å². The third kappa shape index (κ3) is 11.0. The lowest BCUT2D eigenvalue weighted by atomic mass is 10.4. The molecule has 1 radical (unpaired) electrons. The quantitative estimate of drug-likeness (QED) is 0.503. The highest BCUT2D eigenvalue weighted by Crippen LogP contribution is 2.12. The highest BCUT2D eigenvalue weighted by Gasteiger charge is 2.32. The third-order valence-electron chi connectivity index (χ3n) is 1.50. The van der Waals surface area contributed by atoms with E-state index in [0.717, 1.165) is 19.4 Å². The largest absolute Gasteiger partial charge is 0.555 e. The van der Waals surface area contributed by atoms with E-state index in [4.69, 9.17) is 12.7 Å². The van der Waals surface area contributed by atoms with Gasteiger partial charge in [0.25, 0.3) is 0 Å². The minimum atomic E-state index is -1.56. The first-order valence-corrected chi connectivity index (χ1v) is 14.1. The molecule has 0 unspecified atom stereocenters. The molecule has 0 rings (SSSR count). The van der Waals surface area contributed by atoms with Crippen LogP contribution in [0.15, 0.2) is 0 Å². The van der Waals surface area contributed by atoms with E-state index in [2.05, 4.69) is 46.2 Å². The maximum atomic E-state index is 5.99. The molecule has 0 aliphatic carbocycles. The first-order chi connectivity index (χ1) is 7.14. The first kappa shape index (κ1) is 16.5. The van der Waals surface area contributed by atoms with E-state index in [1.807, 2.05) is 0 Å². The molecule has 3 nitrogen and oxygen atoms in total. The van der Waals surface area contributed by atoms with Crippen LogP contribution in [0.3, 0.4) is 0 Å². The van der Waals surface area contributed by atoms with Gasteiger partial charge in [-0.2, -0.15) is 0 Å². The second-order valence-electron chi connectivity index (χ2n) is 5.88. The van der Waals surface area contributed by atoms with Gasteiger partial charge in [-0.25, -0.2) is 0 Å². The minimum absolute atomic E-state index is 0.764.